The summed E-state index contributed by atoms with van der Waals surface area (Å²) in [5, 5.41) is 0.870. The van der Waals surface area contributed by atoms with Crippen LogP contribution in [0.25, 0.3) is 0 Å². The molecule has 2 aromatic rings. The molecule has 0 spiro atoms. The summed E-state index contributed by atoms with van der Waals surface area (Å²) in [4.78, 5) is 31.1. The molecule has 9 heteroatoms. The van der Waals surface area contributed by atoms with E-state index in [1.807, 2.05) is 13.8 Å². The molecule has 0 aliphatic carbocycles. The van der Waals surface area contributed by atoms with Gasteiger partial charge in [0.25, 0.3) is 5.56 Å². The van der Waals surface area contributed by atoms with Gasteiger partial charge in [0.05, 0.1) is 16.7 Å². The standard InChI is InChI=1S/C16H18F3N3O2S/c1-9(14-10(2)25-11(3)20-14)21(4)13(23)8-22-7-5-6-12(15(22)24)16(17,18)19/h5-7,9H,8H2,1-4H3/t9-/m0/s1. The molecule has 0 saturated carbocycles. The number of nitrogens with zero attached hydrogens (tertiary/aromatic N) is 3. The zero-order valence-corrected chi connectivity index (χ0v) is 15.0. The summed E-state index contributed by atoms with van der Waals surface area (Å²) in [6.45, 7) is 5.07. The van der Waals surface area contributed by atoms with Crippen molar-refractivity contribution in [2.24, 2.45) is 0 Å². The largest absolute Gasteiger partial charge is 0.421 e. The Hall–Kier alpha value is -2.16. The Bertz CT molecular complexity index is 842. The Morgan fingerprint density at radius 2 is 2.04 bits per heavy atom. The van der Waals surface area contributed by atoms with Gasteiger partial charge in [-0.25, -0.2) is 4.98 Å². The highest BCUT2D eigenvalue weighted by atomic mass is 32.1. The second-order valence-electron chi connectivity index (χ2n) is 5.71. The van der Waals surface area contributed by atoms with E-state index in [-0.39, 0.29) is 6.04 Å². The quantitative estimate of drug-likeness (QED) is 0.827. The molecule has 136 valence electrons. The molecule has 0 radical (unpaired) electrons. The Morgan fingerprint density at radius 3 is 2.56 bits per heavy atom. The lowest BCUT2D eigenvalue weighted by atomic mass is 10.2. The van der Waals surface area contributed by atoms with Crippen LogP contribution in [-0.2, 0) is 17.5 Å². The third-order valence-corrected chi connectivity index (χ3v) is 4.84. The van der Waals surface area contributed by atoms with Crippen LogP contribution in [0.5, 0.6) is 0 Å². The molecule has 1 atom stereocenters. The van der Waals surface area contributed by atoms with Crippen LogP contribution in [0.2, 0.25) is 0 Å². The van der Waals surface area contributed by atoms with E-state index in [1.54, 1.807) is 14.0 Å². The summed E-state index contributed by atoms with van der Waals surface area (Å²) in [6, 6.07) is 1.46. The third-order valence-electron chi connectivity index (χ3n) is 3.94. The molecule has 25 heavy (non-hydrogen) atoms. The first-order chi connectivity index (χ1) is 11.5. The normalized spacial score (nSPS) is 12.9. The maximum Gasteiger partial charge on any atom is 0.421 e. The van der Waals surface area contributed by atoms with Crippen molar-refractivity contribution in [2.45, 2.75) is 39.5 Å². The SMILES string of the molecule is Cc1nc([C@H](C)N(C)C(=O)Cn2cccc(C(F)(F)F)c2=O)c(C)s1. The number of thiazole rings is 1. The van der Waals surface area contributed by atoms with Gasteiger partial charge in [0.2, 0.25) is 5.91 Å². The first-order valence-electron chi connectivity index (χ1n) is 7.48. The fraction of sp³-hybridized carbons (Fsp3) is 0.438. The fourth-order valence-corrected chi connectivity index (χ4v) is 3.37. The number of aromatic nitrogens is 2. The van der Waals surface area contributed by atoms with Gasteiger partial charge in [-0.05, 0) is 32.9 Å². The number of hydrogen-bond acceptors (Lipinski definition) is 4. The minimum atomic E-state index is -4.75. The van der Waals surface area contributed by atoms with E-state index in [1.165, 1.54) is 22.4 Å². The molecule has 0 saturated heterocycles. The molecule has 0 aliphatic rings. The molecule has 0 N–H and O–H groups in total. The minimum Gasteiger partial charge on any atom is -0.336 e. The van der Waals surface area contributed by atoms with Gasteiger partial charge in [-0.1, -0.05) is 0 Å². The van der Waals surface area contributed by atoms with Crippen LogP contribution in [0.3, 0.4) is 0 Å². The number of likely N-dealkylation sites (N-methyl/N-ethyl adjacent to an activating group) is 1. The summed E-state index contributed by atoms with van der Waals surface area (Å²) in [5.74, 6) is -0.473. The van der Waals surface area contributed by atoms with E-state index in [4.69, 9.17) is 0 Å². The first-order valence-corrected chi connectivity index (χ1v) is 8.30. The van der Waals surface area contributed by atoms with Crippen LogP contribution in [0.15, 0.2) is 23.1 Å². The topological polar surface area (TPSA) is 55.2 Å². The van der Waals surface area contributed by atoms with Gasteiger partial charge in [-0.3, -0.25) is 9.59 Å². The number of amides is 1. The summed E-state index contributed by atoms with van der Waals surface area (Å²) in [7, 11) is 1.54. The number of halogens is 3. The predicted molar refractivity (Wildman–Crippen MR) is 88.5 cm³/mol. The van der Waals surface area contributed by atoms with Crippen molar-refractivity contribution >= 4 is 17.2 Å². The van der Waals surface area contributed by atoms with Crippen LogP contribution in [0.4, 0.5) is 13.2 Å². The summed E-state index contributed by atoms with van der Waals surface area (Å²) in [5.41, 5.74) is -1.77. The van der Waals surface area contributed by atoms with Gasteiger partial charge < -0.3 is 9.47 Å². The Labute approximate surface area is 146 Å². The second-order valence-corrected chi connectivity index (χ2v) is 7.11. The number of carbonyl (C=O) groups excluding carboxylic acids is 1. The molecule has 2 rings (SSSR count). The molecule has 1 amide bonds. The minimum absolute atomic E-state index is 0.348. The van der Waals surface area contributed by atoms with Gasteiger partial charge in [0, 0.05) is 18.1 Å². The molecule has 0 bridgehead atoms. The number of alkyl halides is 3. The predicted octanol–water partition coefficient (Wildman–Crippen LogP) is 3.16. The van der Waals surface area contributed by atoms with Crippen molar-refractivity contribution in [3.63, 3.8) is 0 Å². The van der Waals surface area contributed by atoms with Crippen molar-refractivity contribution in [3.8, 4) is 0 Å². The van der Waals surface area contributed by atoms with Crippen LogP contribution in [-0.4, -0.2) is 27.4 Å². The van der Waals surface area contributed by atoms with Crippen molar-refractivity contribution in [3.05, 3.63) is 49.8 Å². The maximum absolute atomic E-state index is 12.8. The van der Waals surface area contributed by atoms with E-state index in [9.17, 15) is 22.8 Å². The van der Waals surface area contributed by atoms with E-state index in [2.05, 4.69) is 4.98 Å². The van der Waals surface area contributed by atoms with Gasteiger partial charge >= 0.3 is 6.18 Å². The molecule has 0 unspecified atom stereocenters. The summed E-state index contributed by atoms with van der Waals surface area (Å²) < 4.78 is 39.2. The molecular weight excluding hydrogens is 355 g/mol. The van der Waals surface area contributed by atoms with Crippen molar-refractivity contribution in [1.29, 1.82) is 0 Å². The average molecular weight is 373 g/mol. The molecule has 2 aromatic heterocycles. The average Bonchev–Trinajstić information content (AvgIpc) is 2.85. The number of pyridine rings is 1. The van der Waals surface area contributed by atoms with Gasteiger partial charge in [0.1, 0.15) is 12.1 Å². The number of rotatable bonds is 4. The summed E-state index contributed by atoms with van der Waals surface area (Å²) in [6.07, 6.45) is -3.58. The van der Waals surface area contributed by atoms with Gasteiger partial charge in [-0.15, -0.1) is 11.3 Å². The van der Waals surface area contributed by atoms with Crippen LogP contribution in [0, 0.1) is 13.8 Å². The Morgan fingerprint density at radius 1 is 1.40 bits per heavy atom. The molecular formula is C16H18F3N3O2S. The zero-order chi connectivity index (χ0) is 18.9. The molecule has 5 nitrogen and oxygen atoms in total. The Kier molecular flexibility index (Phi) is 5.36. The lowest BCUT2D eigenvalue weighted by molar-refractivity contribution is -0.139. The lowest BCUT2D eigenvalue weighted by Gasteiger charge is -2.24. The van der Waals surface area contributed by atoms with Crippen LogP contribution < -0.4 is 5.56 Å². The second kappa shape index (κ2) is 6.99. The fourth-order valence-electron chi connectivity index (χ4n) is 2.47. The third kappa shape index (κ3) is 4.09. The first kappa shape index (κ1) is 19.2. The van der Waals surface area contributed by atoms with E-state index < -0.39 is 29.8 Å². The maximum atomic E-state index is 12.8. The van der Waals surface area contributed by atoms with Crippen LogP contribution in [0.1, 0.15) is 34.1 Å². The molecule has 2 heterocycles. The molecule has 0 aliphatic heterocycles. The summed E-state index contributed by atoms with van der Waals surface area (Å²) >= 11 is 1.51. The highest BCUT2D eigenvalue weighted by Gasteiger charge is 2.34. The van der Waals surface area contributed by atoms with Crippen LogP contribution >= 0.6 is 11.3 Å². The van der Waals surface area contributed by atoms with E-state index in [0.717, 1.165) is 26.2 Å². The number of aryl methyl sites for hydroxylation is 2. The highest BCUT2D eigenvalue weighted by Crippen LogP contribution is 2.27. The van der Waals surface area contributed by atoms with Gasteiger partial charge in [0.15, 0.2) is 0 Å². The lowest BCUT2D eigenvalue weighted by Crippen LogP contribution is -2.37. The van der Waals surface area contributed by atoms with E-state index in [0.29, 0.717) is 6.07 Å². The van der Waals surface area contributed by atoms with Crippen molar-refractivity contribution in [1.82, 2.24) is 14.5 Å². The zero-order valence-electron chi connectivity index (χ0n) is 14.2. The highest BCUT2D eigenvalue weighted by molar-refractivity contribution is 7.11. The molecule has 0 aromatic carbocycles. The number of carbonyl (C=O) groups is 1. The smallest absolute Gasteiger partial charge is 0.336 e. The van der Waals surface area contributed by atoms with Gasteiger partial charge in [-0.2, -0.15) is 13.2 Å². The molecule has 0 fully saturated rings. The van der Waals surface area contributed by atoms with E-state index >= 15 is 0 Å². The monoisotopic (exact) mass is 373 g/mol. The Balaban J connectivity index is 2.22. The van der Waals surface area contributed by atoms with Crippen molar-refractivity contribution < 1.29 is 18.0 Å². The number of hydrogen-bond donors (Lipinski definition) is 0. The van der Waals surface area contributed by atoms with Crippen molar-refractivity contribution in [2.75, 3.05) is 7.05 Å².